The molecule has 0 saturated heterocycles. The van der Waals surface area contributed by atoms with Gasteiger partial charge in [0.1, 0.15) is 60.8 Å². The summed E-state index contributed by atoms with van der Waals surface area (Å²) >= 11 is 0. The number of rotatable bonds is 0. The first-order chi connectivity index (χ1) is 22.0. The average Bonchev–Trinajstić information content (AvgIpc) is 3.06. The third kappa shape index (κ3) is 7.84. The molecule has 45 heavy (non-hydrogen) atoms. The summed E-state index contributed by atoms with van der Waals surface area (Å²) < 4.78 is 35.4. The second-order valence-corrected chi connectivity index (χ2v) is 11.0. The van der Waals surface area contributed by atoms with Crippen LogP contribution in [0.2, 0.25) is 0 Å². The van der Waals surface area contributed by atoms with Crippen LogP contribution in [0.25, 0.3) is 0 Å². The third-order valence-corrected chi connectivity index (χ3v) is 7.54. The van der Waals surface area contributed by atoms with Gasteiger partial charge in [-0.25, -0.2) is 0 Å². The van der Waals surface area contributed by atoms with Gasteiger partial charge in [0, 0.05) is 5.41 Å². The Morgan fingerprint density at radius 1 is 0.444 bits per heavy atom. The zero-order chi connectivity index (χ0) is 30.9. The van der Waals surface area contributed by atoms with E-state index in [-0.39, 0.29) is 0 Å². The quantitative estimate of drug-likeness (QED) is 0.198. The molecule has 12 rings (SSSR count). The van der Waals surface area contributed by atoms with E-state index in [0.29, 0.717) is 87.1 Å². The molecule has 232 valence electrons. The van der Waals surface area contributed by atoms with Crippen LogP contribution in [0.3, 0.4) is 0 Å². The summed E-state index contributed by atoms with van der Waals surface area (Å²) in [6, 6.07) is 26.9. The monoisotopic (exact) mass is 608 g/mol. The topological polar surface area (TPSA) is 105 Å². The highest BCUT2D eigenvalue weighted by Crippen LogP contribution is 2.41. The van der Waals surface area contributed by atoms with E-state index in [2.05, 4.69) is 46.4 Å². The van der Waals surface area contributed by atoms with Crippen LogP contribution in [0.15, 0.2) is 105 Å². The van der Waals surface area contributed by atoms with E-state index >= 15 is 0 Å². The molecule has 8 aliphatic rings. The van der Waals surface area contributed by atoms with Gasteiger partial charge in [0.25, 0.3) is 0 Å². The number of ether oxygens (including phenoxy) is 6. The fourth-order valence-electron chi connectivity index (χ4n) is 4.88. The van der Waals surface area contributed by atoms with Crippen LogP contribution in [0.5, 0.6) is 23.0 Å². The largest absolute Gasteiger partial charge is 0.491 e. The van der Waals surface area contributed by atoms with Gasteiger partial charge in [-0.05, 0) is 83.9 Å². The molecule has 0 N–H and O–H groups in total. The second-order valence-electron chi connectivity index (χ2n) is 11.0. The lowest BCUT2D eigenvalue weighted by Gasteiger charge is -2.27. The van der Waals surface area contributed by atoms with Crippen molar-refractivity contribution in [3.05, 3.63) is 96.1 Å². The van der Waals surface area contributed by atoms with Gasteiger partial charge in [-0.15, -0.1) is 10.2 Å². The smallest absolute Gasteiger partial charge is 0.146 e. The summed E-state index contributed by atoms with van der Waals surface area (Å²) in [5, 5.41) is 18.3. The Hall–Kier alpha value is -4.80. The van der Waals surface area contributed by atoms with Crippen LogP contribution >= 0.6 is 0 Å². The molecular weight excluding hydrogens is 572 g/mol. The average molecular weight is 609 g/mol. The summed E-state index contributed by atoms with van der Waals surface area (Å²) in [7, 11) is 0. The Bertz CT molecular complexity index is 1520. The van der Waals surface area contributed by atoms with Gasteiger partial charge in [-0.1, -0.05) is 26.0 Å². The lowest BCUT2D eigenvalue weighted by atomic mass is 9.78. The molecule has 10 bridgehead atoms. The summed E-state index contributed by atoms with van der Waals surface area (Å²) in [5.74, 6) is 2.67. The van der Waals surface area contributed by atoms with Crippen molar-refractivity contribution < 1.29 is 28.4 Å². The minimum atomic E-state index is -0.437. The predicted molar refractivity (Wildman–Crippen MR) is 170 cm³/mol. The van der Waals surface area contributed by atoms with Crippen LogP contribution < -0.4 is 18.9 Å². The van der Waals surface area contributed by atoms with Gasteiger partial charge in [0.15, 0.2) is 0 Å². The lowest BCUT2D eigenvalue weighted by molar-refractivity contribution is 0.0765. The highest BCUT2D eigenvalue weighted by atomic mass is 16.6. The van der Waals surface area contributed by atoms with Crippen molar-refractivity contribution in [1.82, 2.24) is 0 Å². The summed E-state index contributed by atoms with van der Waals surface area (Å²) in [4.78, 5) is 0. The highest BCUT2D eigenvalue weighted by Gasteiger charge is 2.26. The minimum Gasteiger partial charge on any atom is -0.491 e. The molecule has 0 unspecified atom stereocenters. The highest BCUT2D eigenvalue weighted by molar-refractivity contribution is 5.60. The van der Waals surface area contributed by atoms with Gasteiger partial charge in [-0.2, -0.15) is 10.2 Å². The first kappa shape index (κ1) is 30.2. The van der Waals surface area contributed by atoms with Crippen LogP contribution in [-0.2, 0) is 14.9 Å². The number of benzene rings is 4. The maximum Gasteiger partial charge on any atom is 0.146 e. The predicted octanol–water partition coefficient (Wildman–Crippen LogP) is 8.42. The second kappa shape index (κ2) is 14.3. The summed E-state index contributed by atoms with van der Waals surface area (Å²) in [6.45, 7) is 7.48. The van der Waals surface area contributed by atoms with E-state index in [4.69, 9.17) is 28.4 Å². The molecule has 0 aromatic heterocycles. The third-order valence-electron chi connectivity index (χ3n) is 7.54. The fraction of sp³-hybridized carbons (Fsp3) is 0.314. The fourth-order valence-corrected chi connectivity index (χ4v) is 4.88. The molecule has 0 saturated carbocycles. The molecule has 0 spiro atoms. The minimum absolute atomic E-state index is 0.351. The standard InChI is InChI=1S/C35H36N4O6/c1-35(2)25-3-13-33-31(23-25)38-36-27-5-9-29(10-6-27)43-20-16-41-18-22-45-34-14-4-26(35)24-32(34)39-37-28-7-11-30(12-8-28)42-19-15-40-17-21-44-33/h3-14,23-24H,15-22H2,1-2H3. The first-order valence-electron chi connectivity index (χ1n) is 15.0. The van der Waals surface area contributed by atoms with E-state index in [1.54, 1.807) is 0 Å². The molecule has 0 amide bonds. The maximum atomic E-state index is 6.12. The van der Waals surface area contributed by atoms with Gasteiger partial charge < -0.3 is 28.4 Å². The molecule has 0 radical (unpaired) electrons. The number of hydrogen-bond acceptors (Lipinski definition) is 10. The van der Waals surface area contributed by atoms with Crippen molar-refractivity contribution in [3.8, 4) is 23.0 Å². The molecule has 10 nitrogen and oxygen atoms in total. The Morgan fingerprint density at radius 3 is 1.27 bits per heavy atom. The van der Waals surface area contributed by atoms with Crippen molar-refractivity contribution in [2.75, 3.05) is 52.9 Å². The molecule has 8 heterocycles. The van der Waals surface area contributed by atoms with Crippen LogP contribution in [0.4, 0.5) is 22.7 Å². The molecule has 8 aliphatic heterocycles. The SMILES string of the molecule is CC1(C)c2ccc3c(c2)N=Nc2ccc(cc2)OCCOCCOc2ccc1cc2N=Nc1ccc(cc1)OCCOCCO3. The molecule has 4 aromatic rings. The van der Waals surface area contributed by atoms with E-state index in [9.17, 15) is 0 Å². The van der Waals surface area contributed by atoms with Crippen LogP contribution in [-0.4, -0.2) is 52.9 Å². The molecule has 0 aliphatic carbocycles. The maximum absolute atomic E-state index is 6.12. The Kier molecular flexibility index (Phi) is 9.62. The molecule has 0 fully saturated rings. The Balaban J connectivity index is 1.42. The molecular formula is C35H36N4O6. The van der Waals surface area contributed by atoms with Gasteiger partial charge in [-0.3, -0.25) is 0 Å². The Morgan fingerprint density at radius 2 is 0.844 bits per heavy atom. The zero-order valence-corrected chi connectivity index (χ0v) is 25.5. The number of azo groups is 2. The van der Waals surface area contributed by atoms with E-state index in [1.165, 1.54) is 0 Å². The van der Waals surface area contributed by atoms with Gasteiger partial charge >= 0.3 is 0 Å². The van der Waals surface area contributed by atoms with E-state index in [0.717, 1.165) is 22.6 Å². The van der Waals surface area contributed by atoms with Gasteiger partial charge in [0.05, 0.1) is 37.8 Å². The number of nitrogens with zero attached hydrogens (tertiary/aromatic N) is 4. The normalized spacial score (nSPS) is 16.9. The van der Waals surface area contributed by atoms with Crippen molar-refractivity contribution in [1.29, 1.82) is 0 Å². The Labute approximate surface area is 262 Å². The number of hydrogen-bond donors (Lipinski definition) is 0. The van der Waals surface area contributed by atoms with Crippen molar-refractivity contribution in [2.45, 2.75) is 19.3 Å². The summed E-state index contributed by atoms with van der Waals surface area (Å²) in [5.41, 5.74) is 4.22. The summed E-state index contributed by atoms with van der Waals surface area (Å²) in [6.07, 6.45) is 0. The zero-order valence-electron chi connectivity index (χ0n) is 25.5. The first-order valence-corrected chi connectivity index (χ1v) is 15.0. The molecule has 10 heteroatoms. The van der Waals surface area contributed by atoms with Crippen molar-refractivity contribution >= 4 is 22.7 Å². The molecule has 4 aromatic carbocycles. The van der Waals surface area contributed by atoms with E-state index < -0.39 is 5.41 Å². The van der Waals surface area contributed by atoms with Crippen LogP contribution in [0, 0.1) is 0 Å². The molecule has 0 atom stereocenters. The lowest BCUT2D eigenvalue weighted by Crippen LogP contribution is -2.19. The van der Waals surface area contributed by atoms with Crippen molar-refractivity contribution in [3.63, 3.8) is 0 Å². The van der Waals surface area contributed by atoms with Gasteiger partial charge in [0.2, 0.25) is 0 Å². The van der Waals surface area contributed by atoms with Crippen LogP contribution in [0.1, 0.15) is 25.0 Å². The van der Waals surface area contributed by atoms with E-state index in [1.807, 2.05) is 72.8 Å². The van der Waals surface area contributed by atoms with Crippen molar-refractivity contribution in [2.24, 2.45) is 20.5 Å².